The Hall–Kier alpha value is -1.56. The predicted molar refractivity (Wildman–Crippen MR) is 89.6 cm³/mol. The molecule has 118 valence electrons. The van der Waals surface area contributed by atoms with Gasteiger partial charge in [0.15, 0.2) is 0 Å². The topological polar surface area (TPSA) is 69.8 Å². The number of aromatic amines is 1. The number of carbonyl (C=O) groups is 1. The maximum Gasteiger partial charge on any atom is 0.269 e. The Bertz CT molecular complexity index is 638. The van der Waals surface area contributed by atoms with Gasteiger partial charge in [-0.15, -0.1) is 12.4 Å². The summed E-state index contributed by atoms with van der Waals surface area (Å²) in [5.41, 5.74) is 1.95. The van der Waals surface area contributed by atoms with Crippen molar-refractivity contribution in [1.29, 1.82) is 0 Å². The number of halogens is 2. The number of nitrogens with zero attached hydrogens (tertiary/aromatic N) is 1. The van der Waals surface area contributed by atoms with Crippen molar-refractivity contribution in [2.75, 3.05) is 13.1 Å². The third-order valence-electron chi connectivity index (χ3n) is 3.65. The maximum atomic E-state index is 12.2. The van der Waals surface area contributed by atoms with Gasteiger partial charge in [-0.2, -0.15) is 5.10 Å². The summed E-state index contributed by atoms with van der Waals surface area (Å²) < 4.78 is 0. The number of aromatic nitrogens is 2. The minimum atomic E-state index is -0.118. The van der Waals surface area contributed by atoms with E-state index >= 15 is 0 Å². The SMILES string of the molecule is Cl.O=C(NC1CCNCC1)c1cc(-c2ccccc2Cl)n[nH]1. The van der Waals surface area contributed by atoms with E-state index in [0.29, 0.717) is 16.4 Å². The fourth-order valence-electron chi connectivity index (χ4n) is 2.47. The monoisotopic (exact) mass is 340 g/mol. The summed E-state index contributed by atoms with van der Waals surface area (Å²) in [5.74, 6) is -0.118. The molecule has 5 nitrogen and oxygen atoms in total. The van der Waals surface area contributed by atoms with Crippen LogP contribution < -0.4 is 10.6 Å². The minimum Gasteiger partial charge on any atom is -0.348 e. The first-order valence-electron chi connectivity index (χ1n) is 7.06. The van der Waals surface area contributed by atoms with E-state index < -0.39 is 0 Å². The molecule has 0 bridgehead atoms. The molecular weight excluding hydrogens is 323 g/mol. The van der Waals surface area contributed by atoms with Gasteiger partial charge < -0.3 is 10.6 Å². The lowest BCUT2D eigenvalue weighted by Crippen LogP contribution is -2.42. The molecule has 0 saturated carbocycles. The van der Waals surface area contributed by atoms with Crippen LogP contribution in [0.1, 0.15) is 23.3 Å². The van der Waals surface area contributed by atoms with E-state index in [1.807, 2.05) is 18.2 Å². The van der Waals surface area contributed by atoms with E-state index in [2.05, 4.69) is 20.8 Å². The van der Waals surface area contributed by atoms with Crippen LogP contribution in [0.2, 0.25) is 5.02 Å². The highest BCUT2D eigenvalue weighted by atomic mass is 35.5. The molecule has 1 aromatic carbocycles. The van der Waals surface area contributed by atoms with Gasteiger partial charge in [0.25, 0.3) is 5.91 Å². The van der Waals surface area contributed by atoms with Crippen molar-refractivity contribution in [1.82, 2.24) is 20.8 Å². The van der Waals surface area contributed by atoms with Gasteiger partial charge in [0.1, 0.15) is 5.69 Å². The van der Waals surface area contributed by atoms with Crippen LogP contribution in [0, 0.1) is 0 Å². The molecule has 7 heteroatoms. The molecule has 0 aliphatic carbocycles. The third kappa shape index (κ3) is 3.80. The molecule has 0 unspecified atom stereocenters. The molecule has 2 heterocycles. The van der Waals surface area contributed by atoms with Crippen LogP contribution >= 0.6 is 24.0 Å². The average Bonchev–Trinajstić information content (AvgIpc) is 2.98. The molecule has 1 aliphatic rings. The van der Waals surface area contributed by atoms with E-state index in [0.717, 1.165) is 31.5 Å². The Morgan fingerprint density at radius 3 is 2.73 bits per heavy atom. The Balaban J connectivity index is 0.00000176. The van der Waals surface area contributed by atoms with Crippen molar-refractivity contribution in [3.63, 3.8) is 0 Å². The molecule has 1 amide bonds. The van der Waals surface area contributed by atoms with E-state index in [1.165, 1.54) is 0 Å². The van der Waals surface area contributed by atoms with Crippen molar-refractivity contribution in [2.24, 2.45) is 0 Å². The lowest BCUT2D eigenvalue weighted by molar-refractivity contribution is 0.0924. The largest absolute Gasteiger partial charge is 0.348 e. The summed E-state index contributed by atoms with van der Waals surface area (Å²) in [7, 11) is 0. The Morgan fingerprint density at radius 1 is 1.27 bits per heavy atom. The Labute approximate surface area is 140 Å². The summed E-state index contributed by atoms with van der Waals surface area (Å²) >= 11 is 6.14. The zero-order chi connectivity index (χ0) is 14.7. The second-order valence-corrected chi connectivity index (χ2v) is 5.55. The van der Waals surface area contributed by atoms with Gasteiger partial charge in [-0.1, -0.05) is 29.8 Å². The fourth-order valence-corrected chi connectivity index (χ4v) is 2.71. The van der Waals surface area contributed by atoms with Gasteiger partial charge in [-0.05, 0) is 38.1 Å². The van der Waals surface area contributed by atoms with Crippen LogP contribution in [0.4, 0.5) is 0 Å². The number of hydrogen-bond acceptors (Lipinski definition) is 3. The van der Waals surface area contributed by atoms with Gasteiger partial charge >= 0.3 is 0 Å². The van der Waals surface area contributed by atoms with Gasteiger partial charge in [0.05, 0.1) is 10.7 Å². The van der Waals surface area contributed by atoms with E-state index in [4.69, 9.17) is 11.6 Å². The smallest absolute Gasteiger partial charge is 0.269 e. The third-order valence-corrected chi connectivity index (χ3v) is 3.98. The van der Waals surface area contributed by atoms with Gasteiger partial charge in [0, 0.05) is 11.6 Å². The first-order valence-corrected chi connectivity index (χ1v) is 7.44. The lowest BCUT2D eigenvalue weighted by atomic mass is 10.1. The van der Waals surface area contributed by atoms with Crippen molar-refractivity contribution < 1.29 is 4.79 Å². The Kier molecular flexibility index (Phi) is 5.83. The van der Waals surface area contributed by atoms with Crippen LogP contribution in [0.25, 0.3) is 11.3 Å². The number of rotatable bonds is 3. The number of hydrogen-bond donors (Lipinski definition) is 3. The molecule has 1 fully saturated rings. The molecule has 1 aromatic heterocycles. The van der Waals surface area contributed by atoms with E-state index in [-0.39, 0.29) is 24.4 Å². The molecule has 0 atom stereocenters. The van der Waals surface area contributed by atoms with Crippen molar-refractivity contribution >= 4 is 29.9 Å². The molecule has 1 aliphatic heterocycles. The molecule has 22 heavy (non-hydrogen) atoms. The predicted octanol–water partition coefficient (Wildman–Crippen LogP) is 2.63. The van der Waals surface area contributed by atoms with Gasteiger partial charge in [-0.25, -0.2) is 0 Å². The first-order chi connectivity index (χ1) is 10.2. The van der Waals surface area contributed by atoms with Crippen molar-refractivity contribution in [2.45, 2.75) is 18.9 Å². The van der Waals surface area contributed by atoms with Crippen LogP contribution in [0.15, 0.2) is 30.3 Å². The average molecular weight is 341 g/mol. The number of amides is 1. The summed E-state index contributed by atoms with van der Waals surface area (Å²) in [5, 5.41) is 13.9. The molecule has 2 aromatic rings. The maximum absolute atomic E-state index is 12.2. The number of carbonyl (C=O) groups excluding carboxylic acids is 1. The molecule has 1 saturated heterocycles. The van der Waals surface area contributed by atoms with Crippen LogP contribution in [0.3, 0.4) is 0 Å². The summed E-state index contributed by atoms with van der Waals surface area (Å²) in [6, 6.07) is 9.41. The van der Waals surface area contributed by atoms with Crippen LogP contribution in [-0.4, -0.2) is 35.2 Å². The molecule has 0 radical (unpaired) electrons. The van der Waals surface area contributed by atoms with Crippen molar-refractivity contribution in [3.8, 4) is 11.3 Å². The highest BCUT2D eigenvalue weighted by molar-refractivity contribution is 6.33. The highest BCUT2D eigenvalue weighted by Crippen LogP contribution is 2.26. The van der Waals surface area contributed by atoms with Crippen molar-refractivity contribution in [3.05, 3.63) is 41.0 Å². The zero-order valence-corrected chi connectivity index (χ0v) is 13.5. The number of H-pyrrole nitrogens is 1. The number of piperidine rings is 1. The molecule has 0 spiro atoms. The number of nitrogens with one attached hydrogen (secondary N) is 3. The molecular formula is C15H18Cl2N4O. The van der Waals surface area contributed by atoms with Gasteiger partial charge in [-0.3, -0.25) is 9.89 Å². The summed E-state index contributed by atoms with van der Waals surface area (Å²) in [6.45, 7) is 1.89. The Morgan fingerprint density at radius 2 is 2.00 bits per heavy atom. The second-order valence-electron chi connectivity index (χ2n) is 5.14. The van der Waals surface area contributed by atoms with Crippen LogP contribution in [-0.2, 0) is 0 Å². The zero-order valence-electron chi connectivity index (χ0n) is 11.9. The molecule has 3 rings (SSSR count). The first kappa shape index (κ1) is 16.8. The normalized spacial score (nSPS) is 15.1. The van der Waals surface area contributed by atoms with E-state index in [9.17, 15) is 4.79 Å². The van der Waals surface area contributed by atoms with E-state index in [1.54, 1.807) is 12.1 Å². The van der Waals surface area contributed by atoms with Gasteiger partial charge in [0.2, 0.25) is 0 Å². The summed E-state index contributed by atoms with van der Waals surface area (Å²) in [4.78, 5) is 12.2. The van der Waals surface area contributed by atoms with Crippen LogP contribution in [0.5, 0.6) is 0 Å². The second kappa shape index (κ2) is 7.63. The fraction of sp³-hybridized carbons (Fsp3) is 0.333. The minimum absolute atomic E-state index is 0. The summed E-state index contributed by atoms with van der Waals surface area (Å²) in [6.07, 6.45) is 1.91. The number of benzene rings is 1. The lowest BCUT2D eigenvalue weighted by Gasteiger charge is -2.23. The highest BCUT2D eigenvalue weighted by Gasteiger charge is 2.18. The standard InChI is InChI=1S/C15H17ClN4O.ClH/c16-12-4-2-1-3-11(12)13-9-14(20-19-13)15(21)18-10-5-7-17-8-6-10;/h1-4,9-10,17H,5-8H2,(H,18,21)(H,19,20);1H. The molecule has 3 N–H and O–H groups in total. The quantitative estimate of drug-likeness (QED) is 0.804.